The number of carbonyl (C=O) groups excluding carboxylic acids is 1. The largest absolute Gasteiger partial charge is 0.491 e. The van der Waals surface area contributed by atoms with E-state index in [-0.39, 0.29) is 23.7 Å². The molecule has 0 spiro atoms. The van der Waals surface area contributed by atoms with E-state index in [4.69, 9.17) is 15.2 Å². The molecule has 0 bridgehead atoms. The van der Waals surface area contributed by atoms with Crippen LogP contribution in [0.3, 0.4) is 0 Å². The van der Waals surface area contributed by atoms with Crippen molar-refractivity contribution in [1.29, 1.82) is 0 Å². The first kappa shape index (κ1) is 21.7. The Morgan fingerprint density at radius 1 is 1.20 bits per heavy atom. The van der Waals surface area contributed by atoms with Crippen LogP contribution in [0.15, 0.2) is 24.3 Å². The predicted molar refractivity (Wildman–Crippen MR) is 103 cm³/mol. The average molecular weight is 371 g/mol. The smallest absolute Gasteiger partial charge is 0.225 e. The maximum absolute atomic E-state index is 12.5. The van der Waals surface area contributed by atoms with Gasteiger partial charge in [-0.25, -0.2) is 0 Å². The summed E-state index contributed by atoms with van der Waals surface area (Å²) < 4.78 is 10.8. The number of carbonyl (C=O) groups is 1. The Morgan fingerprint density at radius 2 is 1.92 bits per heavy atom. The van der Waals surface area contributed by atoms with Crippen molar-refractivity contribution >= 4 is 24.0 Å². The van der Waals surface area contributed by atoms with Crippen molar-refractivity contribution < 1.29 is 14.3 Å². The Balaban J connectivity index is 0.00000312. The van der Waals surface area contributed by atoms with Crippen LogP contribution in [0, 0.1) is 5.41 Å². The molecule has 1 saturated carbocycles. The van der Waals surface area contributed by atoms with Crippen LogP contribution in [0.5, 0.6) is 5.75 Å². The first-order chi connectivity index (χ1) is 11.7. The molecule has 0 radical (unpaired) electrons. The van der Waals surface area contributed by atoms with Crippen LogP contribution in [-0.4, -0.2) is 32.8 Å². The number of hydrogen-bond acceptors (Lipinski definition) is 4. The summed E-state index contributed by atoms with van der Waals surface area (Å²) in [7, 11) is 1.67. The molecule has 5 nitrogen and oxygen atoms in total. The molecular formula is C19H31ClN2O3. The Kier molecular flexibility index (Phi) is 9.86. The molecule has 0 aromatic heterocycles. The number of nitrogens with two attached hydrogens (primary N) is 1. The van der Waals surface area contributed by atoms with Gasteiger partial charge in [0.25, 0.3) is 0 Å². The molecule has 0 atom stereocenters. The van der Waals surface area contributed by atoms with Gasteiger partial charge in [0.15, 0.2) is 0 Å². The summed E-state index contributed by atoms with van der Waals surface area (Å²) in [5.74, 6) is 0.725. The molecule has 0 saturated heterocycles. The SMILES string of the molecule is COCCCOc1ccccc1NC(=O)CC1(CN)CCCCC1.Cl. The molecule has 1 aliphatic carbocycles. The highest BCUT2D eigenvalue weighted by molar-refractivity contribution is 5.92. The third-order valence-electron chi connectivity index (χ3n) is 4.79. The lowest BCUT2D eigenvalue weighted by Gasteiger charge is -2.35. The van der Waals surface area contributed by atoms with Crippen molar-refractivity contribution in [3.63, 3.8) is 0 Å². The standard InChI is InChI=1S/C19H30N2O3.ClH/c1-23-12-7-13-24-17-9-4-3-8-16(17)21-18(22)14-19(15-20)10-5-2-6-11-19;/h3-4,8-9H,2,5-7,10-15,20H2,1H3,(H,21,22);1H. The molecule has 1 aliphatic rings. The maximum atomic E-state index is 12.5. The molecule has 3 N–H and O–H groups in total. The molecule has 0 aliphatic heterocycles. The minimum atomic E-state index is -0.0312. The van der Waals surface area contributed by atoms with E-state index in [1.54, 1.807) is 7.11 Å². The van der Waals surface area contributed by atoms with Gasteiger partial charge in [0.2, 0.25) is 5.91 Å². The van der Waals surface area contributed by atoms with Crippen LogP contribution < -0.4 is 15.8 Å². The van der Waals surface area contributed by atoms with Crippen LogP contribution in [0.25, 0.3) is 0 Å². The summed E-state index contributed by atoms with van der Waals surface area (Å²) in [6.07, 6.45) is 6.99. The van der Waals surface area contributed by atoms with Crippen molar-refractivity contribution in [3.05, 3.63) is 24.3 Å². The molecule has 1 amide bonds. The molecule has 0 heterocycles. The maximum Gasteiger partial charge on any atom is 0.225 e. The van der Waals surface area contributed by atoms with Gasteiger partial charge in [-0.15, -0.1) is 12.4 Å². The van der Waals surface area contributed by atoms with Crippen LogP contribution in [0.2, 0.25) is 0 Å². The zero-order valence-corrected chi connectivity index (χ0v) is 15.9. The first-order valence-electron chi connectivity index (χ1n) is 8.90. The zero-order chi connectivity index (χ0) is 17.3. The first-order valence-corrected chi connectivity index (χ1v) is 8.90. The van der Waals surface area contributed by atoms with E-state index in [1.807, 2.05) is 24.3 Å². The summed E-state index contributed by atoms with van der Waals surface area (Å²) in [5.41, 5.74) is 6.68. The van der Waals surface area contributed by atoms with Gasteiger partial charge in [0.1, 0.15) is 5.75 Å². The molecule has 25 heavy (non-hydrogen) atoms. The average Bonchev–Trinajstić information content (AvgIpc) is 2.61. The number of benzene rings is 1. The minimum Gasteiger partial charge on any atom is -0.491 e. The minimum absolute atomic E-state index is 0. The van der Waals surface area contributed by atoms with Crippen LogP contribution in [0.4, 0.5) is 5.69 Å². The van der Waals surface area contributed by atoms with E-state index >= 15 is 0 Å². The molecule has 1 aromatic rings. The Bertz CT molecular complexity index is 519. The lowest BCUT2D eigenvalue weighted by Crippen LogP contribution is -2.36. The van der Waals surface area contributed by atoms with Gasteiger partial charge in [-0.1, -0.05) is 31.4 Å². The number of methoxy groups -OCH3 is 1. The molecule has 2 rings (SSSR count). The lowest BCUT2D eigenvalue weighted by molar-refractivity contribution is -0.118. The summed E-state index contributed by atoms with van der Waals surface area (Å²) in [5, 5.41) is 3.01. The number of ether oxygens (including phenoxy) is 2. The molecule has 142 valence electrons. The highest BCUT2D eigenvalue weighted by Gasteiger charge is 2.33. The summed E-state index contributed by atoms with van der Waals surface area (Å²) in [4.78, 5) is 12.5. The van der Waals surface area contributed by atoms with E-state index in [0.29, 0.717) is 31.9 Å². The van der Waals surface area contributed by atoms with Crippen molar-refractivity contribution in [2.75, 3.05) is 32.2 Å². The van der Waals surface area contributed by atoms with E-state index in [2.05, 4.69) is 5.32 Å². The number of para-hydroxylation sites is 2. The van der Waals surface area contributed by atoms with E-state index < -0.39 is 0 Å². The number of hydrogen-bond donors (Lipinski definition) is 2. The van der Waals surface area contributed by atoms with Gasteiger partial charge in [-0.05, 0) is 36.9 Å². The number of anilines is 1. The van der Waals surface area contributed by atoms with E-state index in [0.717, 1.165) is 24.9 Å². The van der Waals surface area contributed by atoms with Crippen LogP contribution in [0.1, 0.15) is 44.9 Å². The van der Waals surface area contributed by atoms with Crippen LogP contribution in [-0.2, 0) is 9.53 Å². The Morgan fingerprint density at radius 3 is 2.60 bits per heavy atom. The van der Waals surface area contributed by atoms with Gasteiger partial charge in [-0.3, -0.25) is 4.79 Å². The zero-order valence-electron chi connectivity index (χ0n) is 15.1. The molecule has 0 unspecified atom stereocenters. The van der Waals surface area contributed by atoms with Gasteiger partial charge in [-0.2, -0.15) is 0 Å². The summed E-state index contributed by atoms with van der Waals surface area (Å²) in [6, 6.07) is 7.56. The van der Waals surface area contributed by atoms with Gasteiger partial charge in [0, 0.05) is 26.6 Å². The van der Waals surface area contributed by atoms with Crippen LogP contribution >= 0.6 is 12.4 Å². The van der Waals surface area contributed by atoms with Crippen molar-refractivity contribution in [3.8, 4) is 5.75 Å². The fourth-order valence-electron chi connectivity index (χ4n) is 3.37. The predicted octanol–water partition coefficient (Wildman–Crippen LogP) is 3.76. The van der Waals surface area contributed by atoms with Crippen molar-refractivity contribution in [2.45, 2.75) is 44.9 Å². The number of amides is 1. The van der Waals surface area contributed by atoms with E-state index in [1.165, 1.54) is 19.3 Å². The topological polar surface area (TPSA) is 73.6 Å². The monoisotopic (exact) mass is 370 g/mol. The number of nitrogens with one attached hydrogen (secondary N) is 1. The van der Waals surface area contributed by atoms with Gasteiger partial charge in [0.05, 0.1) is 12.3 Å². The Hall–Kier alpha value is -1.30. The fraction of sp³-hybridized carbons (Fsp3) is 0.632. The molecule has 1 aromatic carbocycles. The normalized spacial score (nSPS) is 15.9. The highest BCUT2D eigenvalue weighted by atomic mass is 35.5. The quantitative estimate of drug-likeness (QED) is 0.649. The molecule has 6 heteroatoms. The number of halogens is 1. The van der Waals surface area contributed by atoms with Crippen molar-refractivity contribution in [2.24, 2.45) is 11.1 Å². The second kappa shape index (κ2) is 11.3. The van der Waals surface area contributed by atoms with E-state index in [9.17, 15) is 4.79 Å². The summed E-state index contributed by atoms with van der Waals surface area (Å²) >= 11 is 0. The molecular weight excluding hydrogens is 340 g/mol. The van der Waals surface area contributed by atoms with Gasteiger partial charge >= 0.3 is 0 Å². The lowest BCUT2D eigenvalue weighted by atomic mass is 9.71. The fourth-order valence-corrected chi connectivity index (χ4v) is 3.37. The third-order valence-corrected chi connectivity index (χ3v) is 4.79. The second-order valence-electron chi connectivity index (χ2n) is 6.68. The Labute approximate surface area is 157 Å². The highest BCUT2D eigenvalue weighted by Crippen LogP contribution is 2.38. The number of rotatable bonds is 9. The molecule has 1 fully saturated rings. The third kappa shape index (κ3) is 6.84. The summed E-state index contributed by atoms with van der Waals surface area (Å²) in [6.45, 7) is 1.80. The van der Waals surface area contributed by atoms with Crippen molar-refractivity contribution in [1.82, 2.24) is 0 Å². The second-order valence-corrected chi connectivity index (χ2v) is 6.68. The van der Waals surface area contributed by atoms with Gasteiger partial charge < -0.3 is 20.5 Å².